The molecule has 1 aliphatic rings. The van der Waals surface area contributed by atoms with Gasteiger partial charge in [0.25, 0.3) is 0 Å². The molecule has 29 heavy (non-hydrogen) atoms. The molecule has 0 saturated heterocycles. The zero-order chi connectivity index (χ0) is 20.4. The summed E-state index contributed by atoms with van der Waals surface area (Å²) in [6, 6.07) is 22.3. The number of esters is 1. The van der Waals surface area contributed by atoms with Crippen molar-refractivity contribution in [2.24, 2.45) is 11.5 Å². The van der Waals surface area contributed by atoms with E-state index in [1.54, 1.807) is 18.2 Å². The Morgan fingerprint density at radius 1 is 0.897 bits per heavy atom. The van der Waals surface area contributed by atoms with Crippen molar-refractivity contribution in [2.75, 3.05) is 4.90 Å². The van der Waals surface area contributed by atoms with E-state index in [0.717, 1.165) is 5.56 Å². The Balaban J connectivity index is 1.73. The lowest BCUT2D eigenvalue weighted by molar-refractivity contribution is -0.151. The molecule has 1 aliphatic heterocycles. The van der Waals surface area contributed by atoms with Crippen LogP contribution in [0.4, 0.5) is 16.2 Å². The van der Waals surface area contributed by atoms with E-state index in [4.69, 9.17) is 16.2 Å². The van der Waals surface area contributed by atoms with Crippen molar-refractivity contribution in [1.82, 2.24) is 0 Å². The third-order valence-corrected chi connectivity index (χ3v) is 5.05. The average Bonchev–Trinajstić information content (AvgIpc) is 2.88. The van der Waals surface area contributed by atoms with Crippen LogP contribution < -0.4 is 16.4 Å². The number of nitrogens with zero attached hydrogens (tertiary/aromatic N) is 1. The van der Waals surface area contributed by atoms with Crippen LogP contribution in [0.3, 0.4) is 0 Å². The number of rotatable bonds is 3. The molecule has 1 heterocycles. The van der Waals surface area contributed by atoms with Crippen molar-refractivity contribution in [3.8, 4) is 0 Å². The standard InChI is InChI=1S/C23H21N3O3/c24-21(15-8-2-1-3-9-15)22(27)29-20-14-16-10-4-6-12-18(16)26(23(25)28)19-13-7-5-11-17(19)20/h1-13,20-21H,14,24H2,(H2,25,28)/t20-,21-/m0/s1. The number of urea groups is 1. The molecule has 0 bridgehead atoms. The third kappa shape index (κ3) is 3.58. The van der Waals surface area contributed by atoms with Gasteiger partial charge in [-0.3, -0.25) is 4.90 Å². The van der Waals surface area contributed by atoms with Gasteiger partial charge in [0.15, 0.2) is 0 Å². The summed E-state index contributed by atoms with van der Waals surface area (Å²) in [6.07, 6.45) is -0.191. The fraction of sp³-hybridized carbons (Fsp3) is 0.130. The number of hydrogen-bond donors (Lipinski definition) is 2. The summed E-state index contributed by atoms with van der Waals surface area (Å²) in [5, 5.41) is 0. The number of carbonyl (C=O) groups is 2. The van der Waals surface area contributed by atoms with Crippen LogP contribution in [0.15, 0.2) is 78.9 Å². The summed E-state index contributed by atoms with van der Waals surface area (Å²) in [5.74, 6) is -0.527. The Morgan fingerprint density at radius 3 is 2.24 bits per heavy atom. The van der Waals surface area contributed by atoms with Crippen LogP contribution in [-0.2, 0) is 16.0 Å². The van der Waals surface area contributed by atoms with Crippen LogP contribution in [0.25, 0.3) is 0 Å². The molecule has 0 aliphatic carbocycles. The molecule has 0 radical (unpaired) electrons. The maximum absolute atomic E-state index is 12.8. The second-order valence-corrected chi connectivity index (χ2v) is 6.88. The molecule has 2 amide bonds. The van der Waals surface area contributed by atoms with Crippen molar-refractivity contribution in [3.63, 3.8) is 0 Å². The molecule has 6 nitrogen and oxygen atoms in total. The normalized spacial score (nSPS) is 16.2. The summed E-state index contributed by atoms with van der Waals surface area (Å²) in [6.45, 7) is 0. The number of benzene rings is 3. The SMILES string of the molecule is NC(=O)N1c2ccccc2C[C@H](OC(=O)[C@@H](N)c2ccccc2)c2ccccc21. The van der Waals surface area contributed by atoms with Gasteiger partial charge < -0.3 is 16.2 Å². The molecule has 0 fully saturated rings. The molecule has 0 spiro atoms. The highest BCUT2D eigenvalue weighted by Gasteiger charge is 2.32. The highest BCUT2D eigenvalue weighted by atomic mass is 16.5. The second-order valence-electron chi connectivity index (χ2n) is 6.88. The van der Waals surface area contributed by atoms with Gasteiger partial charge in [0, 0.05) is 12.0 Å². The molecule has 146 valence electrons. The highest BCUT2D eigenvalue weighted by Crippen LogP contribution is 2.41. The molecule has 0 aromatic heterocycles. The predicted molar refractivity (Wildman–Crippen MR) is 111 cm³/mol. The maximum atomic E-state index is 12.8. The van der Waals surface area contributed by atoms with Gasteiger partial charge in [0.2, 0.25) is 0 Å². The van der Waals surface area contributed by atoms with E-state index in [0.29, 0.717) is 28.9 Å². The van der Waals surface area contributed by atoms with Crippen LogP contribution in [0, 0.1) is 0 Å². The van der Waals surface area contributed by atoms with E-state index in [-0.39, 0.29) is 0 Å². The number of nitrogens with two attached hydrogens (primary N) is 2. The molecule has 0 saturated carbocycles. The van der Waals surface area contributed by atoms with Crippen molar-refractivity contribution in [2.45, 2.75) is 18.6 Å². The zero-order valence-corrected chi connectivity index (χ0v) is 15.7. The number of para-hydroxylation sites is 2. The van der Waals surface area contributed by atoms with Crippen molar-refractivity contribution in [3.05, 3.63) is 95.6 Å². The molecule has 2 atom stereocenters. The van der Waals surface area contributed by atoms with E-state index in [2.05, 4.69) is 0 Å². The molecule has 4 rings (SSSR count). The lowest BCUT2D eigenvalue weighted by Gasteiger charge is -2.23. The van der Waals surface area contributed by atoms with Gasteiger partial charge in [-0.2, -0.15) is 0 Å². The van der Waals surface area contributed by atoms with Crippen LogP contribution >= 0.6 is 0 Å². The number of fused-ring (bicyclic) bond motifs is 2. The number of carbonyl (C=O) groups excluding carboxylic acids is 2. The summed E-state index contributed by atoms with van der Waals surface area (Å²) in [7, 11) is 0. The van der Waals surface area contributed by atoms with Gasteiger partial charge in [0.1, 0.15) is 12.1 Å². The van der Waals surface area contributed by atoms with Gasteiger partial charge in [-0.05, 0) is 23.3 Å². The Bertz CT molecular complexity index is 1050. The lowest BCUT2D eigenvalue weighted by atomic mass is 10.0. The molecule has 3 aromatic carbocycles. The monoisotopic (exact) mass is 387 g/mol. The highest BCUT2D eigenvalue weighted by molar-refractivity contribution is 6.00. The molecule has 3 aromatic rings. The van der Waals surface area contributed by atoms with Gasteiger partial charge in [0.05, 0.1) is 11.4 Å². The van der Waals surface area contributed by atoms with E-state index in [9.17, 15) is 9.59 Å². The van der Waals surface area contributed by atoms with Crippen molar-refractivity contribution >= 4 is 23.4 Å². The molecule has 4 N–H and O–H groups in total. The van der Waals surface area contributed by atoms with Crippen LogP contribution in [-0.4, -0.2) is 12.0 Å². The van der Waals surface area contributed by atoms with Crippen molar-refractivity contribution < 1.29 is 14.3 Å². The number of amides is 2. The largest absolute Gasteiger partial charge is 0.456 e. The summed E-state index contributed by atoms with van der Waals surface area (Å²) < 4.78 is 5.86. The topological polar surface area (TPSA) is 98.6 Å². The van der Waals surface area contributed by atoms with E-state index in [1.807, 2.05) is 60.7 Å². The molecular weight excluding hydrogens is 366 g/mol. The first-order chi connectivity index (χ1) is 14.1. The van der Waals surface area contributed by atoms with E-state index < -0.39 is 24.1 Å². The fourth-order valence-electron chi connectivity index (χ4n) is 3.66. The van der Waals surface area contributed by atoms with Gasteiger partial charge in [-0.25, -0.2) is 9.59 Å². The van der Waals surface area contributed by atoms with Gasteiger partial charge in [-0.15, -0.1) is 0 Å². The second kappa shape index (κ2) is 7.77. The van der Waals surface area contributed by atoms with E-state index >= 15 is 0 Å². The van der Waals surface area contributed by atoms with Crippen LogP contribution in [0.2, 0.25) is 0 Å². The van der Waals surface area contributed by atoms with E-state index in [1.165, 1.54) is 4.90 Å². The Labute approximate surface area is 168 Å². The number of anilines is 2. The van der Waals surface area contributed by atoms with Crippen LogP contribution in [0.1, 0.15) is 28.8 Å². The van der Waals surface area contributed by atoms with Crippen molar-refractivity contribution in [1.29, 1.82) is 0 Å². The predicted octanol–water partition coefficient (Wildman–Crippen LogP) is 3.74. The quantitative estimate of drug-likeness (QED) is 0.669. The minimum absolute atomic E-state index is 0.407. The first kappa shape index (κ1) is 18.7. The molecular formula is C23H21N3O3. The minimum Gasteiger partial charge on any atom is -0.456 e. The summed E-state index contributed by atoms with van der Waals surface area (Å²) in [5.41, 5.74) is 15.3. The number of hydrogen-bond acceptors (Lipinski definition) is 4. The zero-order valence-electron chi connectivity index (χ0n) is 15.7. The third-order valence-electron chi connectivity index (χ3n) is 5.05. The first-order valence-electron chi connectivity index (χ1n) is 9.33. The Kier molecular flexibility index (Phi) is 5.01. The summed E-state index contributed by atoms with van der Waals surface area (Å²) in [4.78, 5) is 26.5. The average molecular weight is 387 g/mol. The molecule has 6 heteroatoms. The smallest absolute Gasteiger partial charge is 0.328 e. The number of ether oxygens (including phenoxy) is 1. The maximum Gasteiger partial charge on any atom is 0.328 e. The van der Waals surface area contributed by atoms with Gasteiger partial charge >= 0.3 is 12.0 Å². The Hall–Kier alpha value is -3.64. The minimum atomic E-state index is -0.894. The summed E-state index contributed by atoms with van der Waals surface area (Å²) >= 11 is 0. The fourth-order valence-corrected chi connectivity index (χ4v) is 3.66. The van der Waals surface area contributed by atoms with Gasteiger partial charge in [-0.1, -0.05) is 66.7 Å². The lowest BCUT2D eigenvalue weighted by Crippen LogP contribution is -2.32. The van der Waals surface area contributed by atoms with Crippen LogP contribution in [0.5, 0.6) is 0 Å². The molecule has 0 unspecified atom stereocenters. The Morgan fingerprint density at radius 2 is 1.52 bits per heavy atom. The number of primary amides is 1. The first-order valence-corrected chi connectivity index (χ1v) is 9.33.